The Morgan fingerprint density at radius 3 is 2.37 bits per heavy atom. The molecule has 4 rings (SSSR count). The molecule has 0 radical (unpaired) electrons. The van der Waals surface area contributed by atoms with Crippen LogP contribution in [0.2, 0.25) is 0 Å². The number of aromatic nitrogens is 1. The number of fused-ring (bicyclic) bond motifs is 1. The number of halogens is 1. The molecule has 2 heterocycles. The Labute approximate surface area is 210 Å². The predicted molar refractivity (Wildman–Crippen MR) is 138 cm³/mol. The van der Waals surface area contributed by atoms with Crippen molar-refractivity contribution in [3.05, 3.63) is 53.3 Å². The van der Waals surface area contributed by atoms with Crippen LogP contribution in [0.1, 0.15) is 24.0 Å². The molecule has 35 heavy (non-hydrogen) atoms. The fourth-order valence-corrected chi connectivity index (χ4v) is 6.78. The number of amides is 1. The van der Waals surface area contributed by atoms with E-state index in [1.54, 1.807) is 4.90 Å². The molecule has 0 bridgehead atoms. The highest BCUT2D eigenvalue weighted by atomic mass is 32.2. The van der Waals surface area contributed by atoms with E-state index in [0.717, 1.165) is 33.5 Å². The Balaban J connectivity index is 1.52. The van der Waals surface area contributed by atoms with Crippen LogP contribution in [0.4, 0.5) is 9.52 Å². The molecular weight excluding hydrogens is 487 g/mol. The van der Waals surface area contributed by atoms with Crippen LogP contribution in [-0.2, 0) is 14.8 Å². The number of likely N-dealkylation sites (N-methyl/N-ethyl adjacent to an activating group) is 1. The minimum absolute atomic E-state index is 0.0147. The lowest BCUT2D eigenvalue weighted by Crippen LogP contribution is -2.46. The van der Waals surface area contributed by atoms with Gasteiger partial charge in [0.1, 0.15) is 5.82 Å². The zero-order valence-electron chi connectivity index (χ0n) is 20.5. The second-order valence-electron chi connectivity index (χ2n) is 9.28. The summed E-state index contributed by atoms with van der Waals surface area (Å²) >= 11 is 1.51. The Bertz CT molecular complexity index is 1310. The molecular formula is C25H31FN4O3S2. The van der Waals surface area contributed by atoms with Gasteiger partial charge in [-0.1, -0.05) is 17.4 Å². The van der Waals surface area contributed by atoms with Crippen molar-refractivity contribution in [1.82, 2.24) is 14.2 Å². The number of sulfonamides is 1. The van der Waals surface area contributed by atoms with E-state index in [1.165, 1.54) is 27.8 Å². The number of hydrogen-bond donors (Lipinski definition) is 0. The molecule has 3 aromatic rings. The molecule has 0 unspecified atom stereocenters. The van der Waals surface area contributed by atoms with Crippen LogP contribution in [0.25, 0.3) is 10.2 Å². The monoisotopic (exact) mass is 518 g/mol. The van der Waals surface area contributed by atoms with Crippen molar-refractivity contribution in [2.24, 2.45) is 5.92 Å². The van der Waals surface area contributed by atoms with Gasteiger partial charge in [-0.3, -0.25) is 9.69 Å². The number of benzene rings is 2. The first-order chi connectivity index (χ1) is 16.6. The number of piperidine rings is 1. The van der Waals surface area contributed by atoms with Crippen LogP contribution in [0.15, 0.2) is 41.3 Å². The highest BCUT2D eigenvalue weighted by Crippen LogP contribution is 2.34. The second-order valence-corrected chi connectivity index (χ2v) is 12.2. The van der Waals surface area contributed by atoms with Gasteiger partial charge in [-0.15, -0.1) is 0 Å². The van der Waals surface area contributed by atoms with Crippen molar-refractivity contribution in [1.29, 1.82) is 0 Å². The van der Waals surface area contributed by atoms with E-state index < -0.39 is 15.8 Å². The third-order valence-corrected chi connectivity index (χ3v) is 9.55. The lowest BCUT2D eigenvalue weighted by atomic mass is 9.96. The Morgan fingerprint density at radius 1 is 1.09 bits per heavy atom. The van der Waals surface area contributed by atoms with Gasteiger partial charge in [0.2, 0.25) is 15.9 Å². The van der Waals surface area contributed by atoms with Gasteiger partial charge in [-0.05, 0) is 82.2 Å². The smallest absolute Gasteiger partial charge is 0.243 e. The molecule has 7 nitrogen and oxygen atoms in total. The van der Waals surface area contributed by atoms with Crippen molar-refractivity contribution in [3.8, 4) is 0 Å². The first kappa shape index (κ1) is 25.7. The summed E-state index contributed by atoms with van der Waals surface area (Å²) in [5.41, 5.74) is 3.20. The van der Waals surface area contributed by atoms with Crippen LogP contribution in [0, 0.1) is 25.6 Å². The van der Waals surface area contributed by atoms with E-state index in [0.29, 0.717) is 31.1 Å². The summed E-state index contributed by atoms with van der Waals surface area (Å²) < 4.78 is 41.6. The molecule has 1 fully saturated rings. The van der Waals surface area contributed by atoms with Crippen molar-refractivity contribution < 1.29 is 17.6 Å². The summed E-state index contributed by atoms with van der Waals surface area (Å²) in [5.74, 6) is -0.781. The molecule has 2 aromatic carbocycles. The van der Waals surface area contributed by atoms with Crippen LogP contribution < -0.4 is 4.90 Å². The summed E-state index contributed by atoms with van der Waals surface area (Å²) in [6, 6.07) is 8.97. The average molecular weight is 519 g/mol. The van der Waals surface area contributed by atoms with Gasteiger partial charge in [-0.2, -0.15) is 4.31 Å². The lowest BCUT2D eigenvalue weighted by molar-refractivity contribution is -0.123. The number of nitrogens with zero attached hydrogens (tertiary/aromatic N) is 4. The summed E-state index contributed by atoms with van der Waals surface area (Å²) in [6.07, 6.45) is 0.863. The molecule has 1 aliphatic heterocycles. The van der Waals surface area contributed by atoms with E-state index in [1.807, 2.05) is 32.0 Å². The van der Waals surface area contributed by atoms with Crippen LogP contribution in [-0.4, -0.2) is 68.8 Å². The molecule has 10 heteroatoms. The molecule has 0 saturated carbocycles. The number of carbonyl (C=O) groups excluding carboxylic acids is 1. The van der Waals surface area contributed by atoms with E-state index in [9.17, 15) is 17.6 Å². The van der Waals surface area contributed by atoms with Gasteiger partial charge in [0, 0.05) is 32.1 Å². The number of carbonyl (C=O) groups is 1. The fraction of sp³-hybridized carbons (Fsp3) is 0.440. The zero-order valence-corrected chi connectivity index (χ0v) is 22.1. The Morgan fingerprint density at radius 2 is 1.74 bits per heavy atom. The summed E-state index contributed by atoms with van der Waals surface area (Å²) in [5, 5.41) is 0.682. The van der Waals surface area contributed by atoms with Gasteiger partial charge in [0.25, 0.3) is 0 Å². The fourth-order valence-electron chi connectivity index (χ4n) is 4.25. The van der Waals surface area contributed by atoms with Crippen LogP contribution in [0.5, 0.6) is 0 Å². The molecule has 0 atom stereocenters. The minimum Gasteiger partial charge on any atom is -0.308 e. The maximum Gasteiger partial charge on any atom is 0.243 e. The highest BCUT2D eigenvalue weighted by Gasteiger charge is 2.35. The van der Waals surface area contributed by atoms with E-state index in [2.05, 4.69) is 13.0 Å². The molecule has 1 aromatic heterocycles. The van der Waals surface area contributed by atoms with E-state index in [-0.39, 0.29) is 29.8 Å². The van der Waals surface area contributed by atoms with Gasteiger partial charge >= 0.3 is 0 Å². The number of thiazole rings is 1. The maximum absolute atomic E-state index is 13.7. The van der Waals surface area contributed by atoms with E-state index in [4.69, 9.17) is 4.98 Å². The molecule has 0 spiro atoms. The van der Waals surface area contributed by atoms with Gasteiger partial charge in [-0.25, -0.2) is 17.8 Å². The van der Waals surface area contributed by atoms with Crippen molar-refractivity contribution in [2.75, 3.05) is 45.2 Å². The molecule has 1 saturated heterocycles. The van der Waals surface area contributed by atoms with Crippen molar-refractivity contribution >= 4 is 42.6 Å². The second kappa shape index (κ2) is 10.3. The Hall–Kier alpha value is -2.40. The van der Waals surface area contributed by atoms with Crippen LogP contribution in [0.3, 0.4) is 0 Å². The van der Waals surface area contributed by atoms with Gasteiger partial charge in [0.15, 0.2) is 5.13 Å². The van der Waals surface area contributed by atoms with Gasteiger partial charge < -0.3 is 4.90 Å². The quantitative estimate of drug-likeness (QED) is 0.472. The average Bonchev–Trinajstić information content (AvgIpc) is 3.26. The summed E-state index contributed by atoms with van der Waals surface area (Å²) in [4.78, 5) is 22.4. The summed E-state index contributed by atoms with van der Waals surface area (Å²) in [7, 11) is 0.208. The highest BCUT2D eigenvalue weighted by molar-refractivity contribution is 7.89. The Kier molecular flexibility index (Phi) is 7.56. The number of aryl methyl sites for hydroxylation is 2. The zero-order chi connectivity index (χ0) is 25.3. The standard InChI is InChI=1S/C25H31FN4O3S2/c1-17-5-10-22-23(18(17)2)27-25(34-22)30(16-15-28(3)4)24(31)19-11-13-29(14-12-19)35(32,33)21-8-6-20(26)7-9-21/h5-10,19H,11-16H2,1-4H3. The molecule has 0 N–H and O–H groups in total. The molecule has 0 aliphatic carbocycles. The van der Waals surface area contributed by atoms with Crippen molar-refractivity contribution in [3.63, 3.8) is 0 Å². The first-order valence-electron chi connectivity index (χ1n) is 11.7. The maximum atomic E-state index is 13.7. The largest absolute Gasteiger partial charge is 0.308 e. The predicted octanol–water partition coefficient (Wildman–Crippen LogP) is 4.05. The topological polar surface area (TPSA) is 73.8 Å². The molecule has 1 amide bonds. The van der Waals surface area contributed by atoms with Crippen LogP contribution >= 0.6 is 11.3 Å². The summed E-state index contributed by atoms with van der Waals surface area (Å²) in [6.45, 7) is 5.79. The number of rotatable bonds is 7. The number of hydrogen-bond acceptors (Lipinski definition) is 6. The molecule has 1 aliphatic rings. The minimum atomic E-state index is -3.72. The lowest BCUT2D eigenvalue weighted by Gasteiger charge is -2.33. The van der Waals surface area contributed by atoms with Gasteiger partial charge in [0.05, 0.1) is 15.1 Å². The normalized spacial score (nSPS) is 15.7. The molecule has 188 valence electrons. The SMILES string of the molecule is Cc1ccc2sc(N(CCN(C)C)C(=O)C3CCN(S(=O)(=O)c4ccc(F)cc4)CC3)nc2c1C. The van der Waals surface area contributed by atoms with Crippen molar-refractivity contribution in [2.45, 2.75) is 31.6 Å². The van der Waals surface area contributed by atoms with E-state index >= 15 is 0 Å². The third-order valence-electron chi connectivity index (χ3n) is 6.60. The third kappa shape index (κ3) is 5.40. The first-order valence-corrected chi connectivity index (χ1v) is 13.9. The number of anilines is 1.